The fraction of sp³-hybridized carbons (Fsp3) is 0.478. The largest absolute Gasteiger partial charge is 0.493 e. The first-order chi connectivity index (χ1) is 14.7. The van der Waals surface area contributed by atoms with Crippen LogP contribution in [0.5, 0.6) is 5.75 Å². The topological polar surface area (TPSA) is 86.3 Å². The molecule has 1 saturated heterocycles. The second-order valence-electron chi connectivity index (χ2n) is 8.90. The Balaban J connectivity index is 0.00000289. The molecule has 1 aliphatic rings. The number of fused-ring (bicyclic) bond motifs is 1. The first-order valence-corrected chi connectivity index (χ1v) is 11.7. The predicted molar refractivity (Wildman–Crippen MR) is 125 cm³/mol. The van der Waals surface area contributed by atoms with E-state index in [0.29, 0.717) is 31.4 Å². The van der Waals surface area contributed by atoms with Crippen LogP contribution in [0.25, 0.3) is 11.0 Å². The molecule has 1 unspecified atom stereocenters. The molecule has 0 spiro atoms. The van der Waals surface area contributed by atoms with Crippen molar-refractivity contribution in [2.75, 3.05) is 19.8 Å². The quantitative estimate of drug-likeness (QED) is 0.534. The Kier molecular flexibility index (Phi) is 8.17. The summed E-state index contributed by atoms with van der Waals surface area (Å²) in [4.78, 5) is 12.0. The Labute approximate surface area is 213 Å². The van der Waals surface area contributed by atoms with Crippen LogP contribution in [0, 0.1) is 12.3 Å². The van der Waals surface area contributed by atoms with Crippen LogP contribution in [0.4, 0.5) is 0 Å². The van der Waals surface area contributed by atoms with Crippen LogP contribution in [-0.4, -0.2) is 74.3 Å². The van der Waals surface area contributed by atoms with Crippen molar-refractivity contribution in [3.63, 3.8) is 0 Å². The maximum Gasteiger partial charge on any atom is 0.197 e. The molecule has 1 fully saturated rings. The van der Waals surface area contributed by atoms with Crippen LogP contribution >= 0.6 is 0 Å². The van der Waals surface area contributed by atoms with Crippen molar-refractivity contribution in [2.24, 2.45) is 5.41 Å². The van der Waals surface area contributed by atoms with E-state index in [9.17, 15) is 4.21 Å². The molecule has 0 aliphatic carbocycles. The Bertz CT molecular complexity index is 1060. The number of aromatic amines is 1. The van der Waals surface area contributed by atoms with E-state index >= 15 is 0 Å². The maximum atomic E-state index is 12.9. The summed E-state index contributed by atoms with van der Waals surface area (Å²) >= 11 is 0. The maximum absolute atomic E-state index is 12.9. The minimum Gasteiger partial charge on any atom is -0.493 e. The Hall–Kier alpha value is -1.29. The van der Waals surface area contributed by atoms with E-state index in [0.717, 1.165) is 28.0 Å². The van der Waals surface area contributed by atoms with Gasteiger partial charge in [0.1, 0.15) is 5.75 Å². The number of hydrogen-bond donors (Lipinski definition) is 1. The second kappa shape index (κ2) is 10.3. The van der Waals surface area contributed by atoms with E-state index in [4.69, 9.17) is 14.2 Å². The van der Waals surface area contributed by atoms with Crippen LogP contribution in [-0.2, 0) is 26.0 Å². The van der Waals surface area contributed by atoms with E-state index in [1.807, 2.05) is 44.2 Å². The minimum absolute atomic E-state index is 0. The molecular weight excluding hydrogens is 437 g/mol. The van der Waals surface area contributed by atoms with Gasteiger partial charge in [-0.05, 0) is 32.0 Å². The number of para-hydroxylation sites is 2. The number of hydrogen-bond acceptors (Lipinski definition) is 6. The van der Waals surface area contributed by atoms with Crippen molar-refractivity contribution in [1.29, 1.82) is 0 Å². The van der Waals surface area contributed by atoms with Crippen LogP contribution < -0.4 is 4.74 Å². The van der Waals surface area contributed by atoms with Crippen LogP contribution in [0.2, 0.25) is 0 Å². The van der Waals surface area contributed by atoms with Crippen molar-refractivity contribution in [3.05, 3.63) is 47.8 Å². The molecule has 1 N–H and O–H groups in total. The molecule has 3 aromatic rings. The Morgan fingerprint density at radius 2 is 1.88 bits per heavy atom. The van der Waals surface area contributed by atoms with Crippen molar-refractivity contribution < 1.29 is 18.4 Å². The number of rotatable bonds is 7. The number of aromatic nitrogens is 3. The smallest absolute Gasteiger partial charge is 0.197 e. The van der Waals surface area contributed by atoms with E-state index < -0.39 is 16.6 Å². The molecule has 0 saturated carbocycles. The standard InChI is InChI=1S/C23H29N3O4S.Na/c1-16-19(13-31(27)21-25-17-7-5-6-8-18(17)26-21)24-11-9-20(16)28-12-10-23(4)29-14-22(2,3)15-30-23;/h5-9,11H,10,12-15H2,1-4H3,(H,25,26);. The molecule has 0 bridgehead atoms. The molecule has 0 amide bonds. The van der Waals surface area contributed by atoms with E-state index in [1.54, 1.807) is 6.20 Å². The number of nitrogens with zero attached hydrogens (tertiary/aromatic N) is 2. The zero-order valence-corrected chi connectivity index (χ0v) is 22.3. The van der Waals surface area contributed by atoms with E-state index in [-0.39, 0.29) is 40.7 Å². The molecule has 1 aliphatic heterocycles. The number of H-pyrrole nitrogens is 1. The summed E-state index contributed by atoms with van der Waals surface area (Å²) in [6.07, 6.45) is 2.30. The molecule has 2 aromatic heterocycles. The molecule has 1 aromatic carbocycles. The van der Waals surface area contributed by atoms with Gasteiger partial charge < -0.3 is 19.2 Å². The van der Waals surface area contributed by atoms with Gasteiger partial charge in [0.2, 0.25) is 0 Å². The molecule has 1 atom stereocenters. The molecule has 9 heteroatoms. The Morgan fingerprint density at radius 3 is 2.59 bits per heavy atom. The third kappa shape index (κ3) is 5.98. The molecule has 4 rings (SSSR count). The summed E-state index contributed by atoms with van der Waals surface area (Å²) in [5.41, 5.74) is 3.32. The average Bonchev–Trinajstić information content (AvgIpc) is 3.18. The van der Waals surface area contributed by atoms with E-state index in [1.165, 1.54) is 0 Å². The van der Waals surface area contributed by atoms with Crippen molar-refractivity contribution >= 4 is 51.4 Å². The Morgan fingerprint density at radius 1 is 1.16 bits per heavy atom. The van der Waals surface area contributed by atoms with Gasteiger partial charge in [0.05, 0.1) is 53.1 Å². The summed E-state index contributed by atoms with van der Waals surface area (Å²) in [6, 6.07) is 9.47. The third-order valence-corrected chi connectivity index (χ3v) is 6.62. The normalized spacial score (nSPS) is 18.1. The van der Waals surface area contributed by atoms with Crippen molar-refractivity contribution in [3.8, 4) is 5.75 Å². The van der Waals surface area contributed by atoms with Crippen LogP contribution in [0.3, 0.4) is 0 Å². The SMILES string of the molecule is Cc1c(OCCC2(C)OCC(C)(C)CO2)ccnc1CS(=O)c1nc2ccccc2[nH]1.[Na]. The van der Waals surface area contributed by atoms with Gasteiger partial charge in [0.25, 0.3) is 0 Å². The summed E-state index contributed by atoms with van der Waals surface area (Å²) < 4.78 is 30.7. The van der Waals surface area contributed by atoms with Crippen molar-refractivity contribution in [2.45, 2.75) is 50.8 Å². The average molecular weight is 467 g/mol. The molecule has 3 heterocycles. The van der Waals surface area contributed by atoms with Gasteiger partial charge >= 0.3 is 0 Å². The first-order valence-electron chi connectivity index (χ1n) is 10.4. The fourth-order valence-electron chi connectivity index (χ4n) is 3.36. The molecule has 32 heavy (non-hydrogen) atoms. The molecule has 7 nitrogen and oxygen atoms in total. The first kappa shape index (κ1) is 25.3. The second-order valence-corrected chi connectivity index (χ2v) is 10.3. The van der Waals surface area contributed by atoms with Gasteiger partial charge in [-0.15, -0.1) is 0 Å². The van der Waals surface area contributed by atoms with E-state index in [2.05, 4.69) is 28.8 Å². The van der Waals surface area contributed by atoms with Gasteiger partial charge in [-0.3, -0.25) is 9.19 Å². The number of benzene rings is 1. The molecule has 167 valence electrons. The summed E-state index contributed by atoms with van der Waals surface area (Å²) in [6.45, 7) is 9.91. The number of pyridine rings is 1. The zero-order chi connectivity index (χ0) is 22.1. The van der Waals surface area contributed by atoms with Gasteiger partial charge in [-0.25, -0.2) is 4.98 Å². The van der Waals surface area contributed by atoms with Gasteiger partial charge in [-0.1, -0.05) is 26.0 Å². The van der Waals surface area contributed by atoms with Gasteiger partial charge in [-0.2, -0.15) is 0 Å². The zero-order valence-electron chi connectivity index (χ0n) is 19.4. The molecule has 1 radical (unpaired) electrons. The summed E-state index contributed by atoms with van der Waals surface area (Å²) in [5.74, 6) is 0.357. The number of nitrogens with one attached hydrogen (secondary N) is 1. The minimum atomic E-state index is -1.33. The molecular formula is C23H29N3NaO4S. The summed E-state index contributed by atoms with van der Waals surface area (Å²) in [7, 11) is -1.33. The van der Waals surface area contributed by atoms with Gasteiger partial charge in [0, 0.05) is 53.2 Å². The monoisotopic (exact) mass is 466 g/mol. The predicted octanol–water partition coefficient (Wildman–Crippen LogP) is 3.75. The van der Waals surface area contributed by atoms with Crippen LogP contribution in [0.15, 0.2) is 41.7 Å². The number of ether oxygens (including phenoxy) is 3. The number of imidazole rings is 1. The van der Waals surface area contributed by atoms with Crippen molar-refractivity contribution in [1.82, 2.24) is 15.0 Å². The third-order valence-electron chi connectivity index (χ3n) is 5.46. The van der Waals surface area contributed by atoms with Crippen LogP contribution in [0.1, 0.15) is 38.4 Å². The fourth-order valence-corrected chi connectivity index (χ4v) is 4.46. The van der Waals surface area contributed by atoms with Gasteiger partial charge in [0.15, 0.2) is 10.9 Å². The summed E-state index contributed by atoms with van der Waals surface area (Å²) in [5, 5.41) is 0.455.